The average molecular weight is 431 g/mol. The van der Waals surface area contributed by atoms with Gasteiger partial charge in [-0.3, -0.25) is 4.57 Å². The fourth-order valence-electron chi connectivity index (χ4n) is 4.29. The number of ether oxygens (including phenoxy) is 1. The summed E-state index contributed by atoms with van der Waals surface area (Å²) in [7, 11) is 0. The van der Waals surface area contributed by atoms with Gasteiger partial charge in [0.05, 0.1) is 11.0 Å². The van der Waals surface area contributed by atoms with E-state index in [-0.39, 0.29) is 5.75 Å². The van der Waals surface area contributed by atoms with E-state index in [9.17, 15) is 5.11 Å². The smallest absolute Gasteiger partial charge is 0.219 e. The molecule has 0 spiro atoms. The van der Waals surface area contributed by atoms with Crippen LogP contribution in [0.3, 0.4) is 0 Å². The van der Waals surface area contributed by atoms with Crippen molar-refractivity contribution in [2.24, 2.45) is 0 Å². The van der Waals surface area contributed by atoms with Gasteiger partial charge in [-0.2, -0.15) is 0 Å². The lowest BCUT2D eigenvalue weighted by molar-refractivity contribution is 0.460. The van der Waals surface area contributed by atoms with Gasteiger partial charge in [-0.25, -0.2) is 9.97 Å². The lowest BCUT2D eigenvalue weighted by atomic mass is 10.1. The number of aromatic hydroxyl groups is 1. The molecule has 1 N–H and O–H groups in total. The lowest BCUT2D eigenvalue weighted by Gasteiger charge is -2.10. The second-order valence-electron chi connectivity index (χ2n) is 8.20. The molecule has 0 amide bonds. The minimum atomic E-state index is 0.134. The first kappa shape index (κ1) is 19.3. The number of aromatic nitrogens is 3. The van der Waals surface area contributed by atoms with Crippen molar-refractivity contribution in [2.45, 2.75) is 13.8 Å². The molecule has 160 valence electrons. The molecule has 0 aliphatic heterocycles. The summed E-state index contributed by atoms with van der Waals surface area (Å²) in [4.78, 5) is 9.36. The van der Waals surface area contributed by atoms with Gasteiger partial charge in [0.2, 0.25) is 5.88 Å². The predicted octanol–water partition coefficient (Wildman–Crippen LogP) is 6.84. The Kier molecular flexibility index (Phi) is 4.30. The summed E-state index contributed by atoms with van der Waals surface area (Å²) in [5.74, 6) is 2.09. The highest BCUT2D eigenvalue weighted by atomic mass is 16.5. The number of pyridine rings is 2. The Hall–Kier alpha value is -4.38. The quantitative estimate of drug-likeness (QED) is 0.333. The largest absolute Gasteiger partial charge is 0.506 e. The maximum Gasteiger partial charge on any atom is 0.219 e. The monoisotopic (exact) mass is 431 g/mol. The molecule has 0 saturated carbocycles. The van der Waals surface area contributed by atoms with E-state index in [0.717, 1.165) is 44.3 Å². The highest BCUT2D eigenvalue weighted by Crippen LogP contribution is 2.35. The van der Waals surface area contributed by atoms with Crippen molar-refractivity contribution >= 4 is 32.7 Å². The van der Waals surface area contributed by atoms with E-state index in [1.165, 1.54) is 0 Å². The molecule has 3 heterocycles. The summed E-state index contributed by atoms with van der Waals surface area (Å²) < 4.78 is 8.29. The van der Waals surface area contributed by atoms with E-state index in [1.54, 1.807) is 12.1 Å². The van der Waals surface area contributed by atoms with Crippen LogP contribution in [0.2, 0.25) is 0 Å². The zero-order valence-corrected chi connectivity index (χ0v) is 18.3. The third-order valence-corrected chi connectivity index (χ3v) is 6.11. The normalized spacial score (nSPS) is 11.5. The Morgan fingerprint density at radius 3 is 2.48 bits per heavy atom. The van der Waals surface area contributed by atoms with Crippen molar-refractivity contribution < 1.29 is 9.84 Å². The highest BCUT2D eigenvalue weighted by Gasteiger charge is 2.15. The van der Waals surface area contributed by atoms with Gasteiger partial charge in [0.1, 0.15) is 22.8 Å². The number of aryl methyl sites for hydroxylation is 2. The summed E-state index contributed by atoms with van der Waals surface area (Å²) in [6.45, 7) is 4.10. The number of nitrogens with zero attached hydrogens (tertiary/aromatic N) is 3. The summed E-state index contributed by atoms with van der Waals surface area (Å²) in [5, 5.41) is 13.3. The number of benzene rings is 3. The Balaban J connectivity index is 1.52. The predicted molar refractivity (Wildman–Crippen MR) is 132 cm³/mol. The summed E-state index contributed by atoms with van der Waals surface area (Å²) in [6, 6.07) is 27.6. The van der Waals surface area contributed by atoms with Gasteiger partial charge in [0.25, 0.3) is 0 Å². The molecule has 0 aliphatic carbocycles. The second kappa shape index (κ2) is 7.35. The molecule has 0 bridgehead atoms. The molecule has 5 nitrogen and oxygen atoms in total. The van der Waals surface area contributed by atoms with E-state index in [2.05, 4.69) is 52.9 Å². The van der Waals surface area contributed by atoms with Gasteiger partial charge in [0.15, 0.2) is 0 Å². The van der Waals surface area contributed by atoms with Crippen LogP contribution in [-0.4, -0.2) is 19.6 Å². The van der Waals surface area contributed by atoms with Crippen molar-refractivity contribution in [3.05, 3.63) is 96.2 Å². The molecule has 0 saturated heterocycles. The Morgan fingerprint density at radius 2 is 1.61 bits per heavy atom. The van der Waals surface area contributed by atoms with Crippen LogP contribution >= 0.6 is 0 Å². The van der Waals surface area contributed by atoms with Crippen molar-refractivity contribution in [3.63, 3.8) is 0 Å². The zero-order valence-electron chi connectivity index (χ0n) is 18.3. The lowest BCUT2D eigenvalue weighted by Crippen LogP contribution is -2.00. The van der Waals surface area contributed by atoms with Gasteiger partial charge in [-0.05, 0) is 55.8 Å². The van der Waals surface area contributed by atoms with Crippen LogP contribution in [0.25, 0.3) is 38.5 Å². The molecule has 3 aromatic carbocycles. The van der Waals surface area contributed by atoms with Crippen LogP contribution in [0.1, 0.15) is 11.3 Å². The molecule has 6 rings (SSSR count). The topological polar surface area (TPSA) is 60.2 Å². The molecule has 3 aromatic heterocycles. The van der Waals surface area contributed by atoms with Gasteiger partial charge in [-0.15, -0.1) is 0 Å². The van der Waals surface area contributed by atoms with E-state index in [4.69, 9.17) is 9.72 Å². The van der Waals surface area contributed by atoms with E-state index in [0.29, 0.717) is 17.1 Å². The van der Waals surface area contributed by atoms with Gasteiger partial charge in [0, 0.05) is 34.0 Å². The van der Waals surface area contributed by atoms with E-state index < -0.39 is 0 Å². The van der Waals surface area contributed by atoms with Gasteiger partial charge < -0.3 is 9.84 Å². The van der Waals surface area contributed by atoms with Crippen LogP contribution in [0.5, 0.6) is 17.4 Å². The molecule has 0 fully saturated rings. The molecule has 5 heteroatoms. The van der Waals surface area contributed by atoms with Crippen LogP contribution in [0.4, 0.5) is 0 Å². The minimum Gasteiger partial charge on any atom is -0.506 e. The van der Waals surface area contributed by atoms with Crippen molar-refractivity contribution in [3.8, 4) is 23.2 Å². The molecule has 6 aromatic rings. The van der Waals surface area contributed by atoms with Crippen molar-refractivity contribution in [1.82, 2.24) is 14.5 Å². The van der Waals surface area contributed by atoms with Crippen molar-refractivity contribution in [2.75, 3.05) is 0 Å². The van der Waals surface area contributed by atoms with Gasteiger partial charge >= 0.3 is 0 Å². The Labute approximate surface area is 190 Å². The number of phenols is 1. The summed E-state index contributed by atoms with van der Waals surface area (Å²) >= 11 is 0. The number of hydrogen-bond donors (Lipinski definition) is 1. The molecule has 0 aliphatic rings. The highest BCUT2D eigenvalue weighted by molar-refractivity contribution is 6.09. The molecule has 0 atom stereocenters. The first-order valence-corrected chi connectivity index (χ1v) is 10.8. The van der Waals surface area contributed by atoms with E-state index in [1.807, 2.05) is 43.3 Å². The van der Waals surface area contributed by atoms with E-state index >= 15 is 0 Å². The first-order chi connectivity index (χ1) is 16.1. The van der Waals surface area contributed by atoms with Crippen LogP contribution in [0.15, 0.2) is 84.9 Å². The maximum atomic E-state index is 10.2. The van der Waals surface area contributed by atoms with Crippen molar-refractivity contribution in [1.29, 1.82) is 0 Å². The Bertz CT molecular complexity index is 1680. The molecule has 33 heavy (non-hydrogen) atoms. The van der Waals surface area contributed by atoms with Gasteiger partial charge in [-0.1, -0.05) is 36.4 Å². The summed E-state index contributed by atoms with van der Waals surface area (Å²) in [5.41, 5.74) is 4.78. The molecule has 0 unspecified atom stereocenters. The summed E-state index contributed by atoms with van der Waals surface area (Å²) in [6.07, 6.45) is 0. The third-order valence-electron chi connectivity index (χ3n) is 6.11. The molecular formula is C28H21N3O2. The maximum absolute atomic E-state index is 10.2. The fourth-order valence-corrected chi connectivity index (χ4v) is 4.29. The third kappa shape index (κ3) is 3.17. The number of hydrogen-bond acceptors (Lipinski definition) is 4. The number of para-hydroxylation sites is 2. The number of phenolic OH excluding ortho intramolecular Hbond substituents is 1. The van der Waals surface area contributed by atoms with Crippen LogP contribution in [-0.2, 0) is 0 Å². The minimum absolute atomic E-state index is 0.134. The Morgan fingerprint density at radius 1 is 0.758 bits per heavy atom. The molecule has 0 radical (unpaired) electrons. The number of fused-ring (bicyclic) bond motifs is 4. The standard InChI is InChI=1S/C28H21N3O2/c1-17-10-14-26(29-18(17)2)31-23-8-4-3-7-21(23)22-13-12-20(16-24(22)31)33-27-15-11-19-6-5-9-25(32)28(19)30-27/h3-16,32H,1-2H3. The average Bonchev–Trinajstić information content (AvgIpc) is 3.15. The zero-order chi connectivity index (χ0) is 22.5. The van der Waals surface area contributed by atoms with Crippen LogP contribution < -0.4 is 4.74 Å². The fraction of sp³-hybridized carbons (Fsp3) is 0.0714. The first-order valence-electron chi connectivity index (χ1n) is 10.8. The van der Waals surface area contributed by atoms with Crippen LogP contribution in [0, 0.1) is 13.8 Å². The molecular weight excluding hydrogens is 410 g/mol. The second-order valence-corrected chi connectivity index (χ2v) is 8.20. The number of rotatable bonds is 3. The SMILES string of the molecule is Cc1ccc(-n2c3ccccc3c3ccc(Oc4ccc5cccc(O)c5n4)cc32)nc1C.